The van der Waals surface area contributed by atoms with Crippen molar-refractivity contribution >= 4 is 46.1 Å². The van der Waals surface area contributed by atoms with E-state index < -0.39 is 11.0 Å². The van der Waals surface area contributed by atoms with E-state index in [9.17, 15) is 4.79 Å². The minimum absolute atomic E-state index is 0.0304. The average Bonchev–Trinajstić information content (AvgIpc) is 3.88. The summed E-state index contributed by atoms with van der Waals surface area (Å²) in [6.45, 7) is 1.60. The van der Waals surface area contributed by atoms with Crippen LogP contribution in [0.3, 0.4) is 0 Å². The summed E-state index contributed by atoms with van der Waals surface area (Å²) in [4.78, 5) is 38.9. The van der Waals surface area contributed by atoms with Crippen LogP contribution in [0.1, 0.15) is 22.6 Å². The third-order valence-electron chi connectivity index (χ3n) is 10.4. The third-order valence-corrected chi connectivity index (χ3v) is 12.2. The Kier molecular flexibility index (Phi) is 6.99. The fourth-order valence-corrected chi connectivity index (χ4v) is 9.93. The Morgan fingerprint density at radius 2 is 1.39 bits per heavy atom. The highest BCUT2D eigenvalue weighted by atomic mass is 32.1. The van der Waals surface area contributed by atoms with Gasteiger partial charge in [-0.15, -0.1) is 22.7 Å². The van der Waals surface area contributed by atoms with Gasteiger partial charge in [-0.25, -0.2) is 0 Å². The van der Waals surface area contributed by atoms with Gasteiger partial charge in [0.15, 0.2) is 5.78 Å². The van der Waals surface area contributed by atoms with E-state index in [2.05, 4.69) is 113 Å². The van der Waals surface area contributed by atoms with Gasteiger partial charge in [0.25, 0.3) is 5.91 Å². The Labute approximate surface area is 278 Å². The first-order chi connectivity index (χ1) is 22.3. The van der Waals surface area contributed by atoms with Gasteiger partial charge < -0.3 is 9.80 Å². The number of hydrogen-bond donors (Lipinski definition) is 0. The maximum atomic E-state index is 15.5. The SMILES string of the molecule is CN1C/C(=C\c2ccc(-c3cccs3)cc2)C(=O)[C@]2(C1)[C@@H](c1ccc(-c3cccs3)cc1)CN(C)[C@@]21C(=O)N(C)c2ccccc21. The van der Waals surface area contributed by atoms with Gasteiger partial charge in [0.1, 0.15) is 5.54 Å². The maximum absolute atomic E-state index is 15.5. The summed E-state index contributed by atoms with van der Waals surface area (Å²) >= 11 is 3.44. The molecule has 2 aromatic heterocycles. The molecule has 0 unspecified atom stereocenters. The second-order valence-corrected chi connectivity index (χ2v) is 14.8. The van der Waals surface area contributed by atoms with Crippen molar-refractivity contribution in [2.24, 2.45) is 5.41 Å². The van der Waals surface area contributed by atoms with Gasteiger partial charge in [0.2, 0.25) is 0 Å². The van der Waals surface area contributed by atoms with E-state index in [4.69, 9.17) is 0 Å². The Bertz CT molecular complexity index is 1960. The highest BCUT2D eigenvalue weighted by Crippen LogP contribution is 2.65. The lowest BCUT2D eigenvalue weighted by Crippen LogP contribution is -2.65. The van der Waals surface area contributed by atoms with Gasteiger partial charge in [-0.1, -0.05) is 78.9 Å². The first kappa shape index (κ1) is 29.3. The summed E-state index contributed by atoms with van der Waals surface area (Å²) in [6, 6.07) is 33.6. The molecule has 5 aromatic rings. The van der Waals surface area contributed by atoms with Crippen molar-refractivity contribution in [3.8, 4) is 20.9 Å². The molecule has 3 aliphatic heterocycles. The second kappa shape index (κ2) is 11.0. The van der Waals surface area contributed by atoms with E-state index in [0.717, 1.165) is 33.5 Å². The van der Waals surface area contributed by atoms with Crippen LogP contribution in [0.5, 0.6) is 0 Å². The van der Waals surface area contributed by atoms with Crippen molar-refractivity contribution in [1.29, 1.82) is 0 Å². The van der Waals surface area contributed by atoms with Crippen molar-refractivity contribution in [1.82, 2.24) is 9.80 Å². The van der Waals surface area contributed by atoms with Gasteiger partial charge in [0, 0.05) is 59.2 Å². The summed E-state index contributed by atoms with van der Waals surface area (Å²) in [5, 5.41) is 4.18. The number of piperidine rings is 1. The summed E-state index contributed by atoms with van der Waals surface area (Å²) in [7, 11) is 5.97. The molecule has 0 saturated carbocycles. The average molecular weight is 642 g/mol. The van der Waals surface area contributed by atoms with Gasteiger partial charge in [-0.3, -0.25) is 14.5 Å². The molecule has 3 aromatic carbocycles. The molecule has 3 atom stereocenters. The van der Waals surface area contributed by atoms with Crippen LogP contribution in [0.4, 0.5) is 5.69 Å². The Hall–Kier alpha value is -4.14. The quantitative estimate of drug-likeness (QED) is 0.189. The predicted molar refractivity (Wildman–Crippen MR) is 189 cm³/mol. The number of Topliss-reactive ketones (excluding diaryl/α,β-unsaturated/α-hetero) is 1. The molecular weight excluding hydrogens is 607 g/mol. The summed E-state index contributed by atoms with van der Waals surface area (Å²) in [5.41, 5.74) is 4.77. The number of para-hydroxylation sites is 1. The molecule has 3 aliphatic rings. The molecule has 5 heterocycles. The number of likely N-dealkylation sites (N-methyl/N-ethyl adjacent to an activating group) is 3. The number of benzene rings is 3. The number of rotatable bonds is 4. The molecule has 230 valence electrons. The minimum Gasteiger partial charge on any atom is -0.313 e. The number of amides is 1. The maximum Gasteiger partial charge on any atom is 0.253 e. The number of carbonyl (C=O) groups excluding carboxylic acids is 2. The van der Waals surface area contributed by atoms with Crippen LogP contribution < -0.4 is 4.90 Å². The Morgan fingerprint density at radius 1 is 0.761 bits per heavy atom. The van der Waals surface area contributed by atoms with E-state index in [-0.39, 0.29) is 17.6 Å². The molecule has 5 nitrogen and oxygen atoms in total. The molecule has 7 heteroatoms. The van der Waals surface area contributed by atoms with Crippen LogP contribution in [0.15, 0.2) is 113 Å². The van der Waals surface area contributed by atoms with Crippen LogP contribution in [0, 0.1) is 5.41 Å². The fraction of sp³-hybridized carbons (Fsp3) is 0.231. The number of likely N-dealkylation sites (tertiary alicyclic amines) is 2. The molecule has 0 N–H and O–H groups in total. The first-order valence-electron chi connectivity index (χ1n) is 15.6. The van der Waals surface area contributed by atoms with E-state index in [1.54, 1.807) is 27.6 Å². The van der Waals surface area contributed by atoms with Crippen molar-refractivity contribution in [3.05, 3.63) is 130 Å². The van der Waals surface area contributed by atoms with Crippen LogP contribution in [-0.2, 0) is 15.1 Å². The zero-order chi connectivity index (χ0) is 31.6. The van der Waals surface area contributed by atoms with E-state index in [1.165, 1.54) is 15.3 Å². The zero-order valence-corrected chi connectivity index (χ0v) is 27.8. The Balaban J connectivity index is 1.30. The lowest BCUT2D eigenvalue weighted by molar-refractivity contribution is -0.147. The number of fused-ring (bicyclic) bond motifs is 3. The zero-order valence-electron chi connectivity index (χ0n) is 26.1. The standard InChI is InChI=1S/C39H35N3O2S2/c1-40-23-30(22-26-12-14-28(15-13-26)34-10-6-20-45-34)36(43)38(25-40)32(27-16-18-29(19-17-27)35-11-7-21-46-35)24-41(2)39(38)31-8-4-5-9-33(31)42(3)37(39)44/h4-22,32H,23-25H2,1-3H3/b30-22+/t32-,38+,39+/m1/s1. The largest absolute Gasteiger partial charge is 0.313 e. The molecule has 46 heavy (non-hydrogen) atoms. The van der Waals surface area contributed by atoms with Crippen LogP contribution in [0.25, 0.3) is 27.0 Å². The van der Waals surface area contributed by atoms with Crippen molar-refractivity contribution < 1.29 is 9.59 Å². The number of thiophene rings is 2. The molecule has 2 saturated heterocycles. The number of hydrogen-bond acceptors (Lipinski definition) is 6. The van der Waals surface area contributed by atoms with Crippen LogP contribution in [-0.4, -0.2) is 62.3 Å². The lowest BCUT2D eigenvalue weighted by Gasteiger charge is -2.51. The Morgan fingerprint density at radius 3 is 2.02 bits per heavy atom. The van der Waals surface area contributed by atoms with Crippen LogP contribution >= 0.6 is 22.7 Å². The normalized spacial score (nSPS) is 25.8. The predicted octanol–water partition coefficient (Wildman–Crippen LogP) is 7.63. The van der Waals surface area contributed by atoms with Crippen molar-refractivity contribution in [3.63, 3.8) is 0 Å². The molecule has 8 rings (SSSR count). The van der Waals surface area contributed by atoms with Gasteiger partial charge >= 0.3 is 0 Å². The van der Waals surface area contributed by atoms with Gasteiger partial charge in [-0.05, 0) is 71.4 Å². The first-order valence-corrected chi connectivity index (χ1v) is 17.4. The summed E-state index contributed by atoms with van der Waals surface area (Å²) in [5.74, 6) is -0.154. The topological polar surface area (TPSA) is 43.9 Å². The molecule has 2 fully saturated rings. The summed E-state index contributed by atoms with van der Waals surface area (Å²) < 4.78 is 0. The monoisotopic (exact) mass is 641 g/mol. The smallest absolute Gasteiger partial charge is 0.253 e. The van der Waals surface area contributed by atoms with E-state index in [0.29, 0.717) is 19.6 Å². The molecule has 2 spiro atoms. The number of ketones is 1. The molecule has 0 radical (unpaired) electrons. The van der Waals surface area contributed by atoms with Gasteiger partial charge in [0.05, 0.1) is 5.41 Å². The number of nitrogens with zero attached hydrogens (tertiary/aromatic N) is 3. The lowest BCUT2D eigenvalue weighted by atomic mass is 9.56. The van der Waals surface area contributed by atoms with Crippen LogP contribution in [0.2, 0.25) is 0 Å². The minimum atomic E-state index is -1.14. The van der Waals surface area contributed by atoms with Gasteiger partial charge in [-0.2, -0.15) is 0 Å². The molecule has 0 aliphatic carbocycles. The van der Waals surface area contributed by atoms with E-state index >= 15 is 4.79 Å². The molecular formula is C39H35N3O2S2. The number of carbonyl (C=O) groups is 2. The number of anilines is 1. The summed E-state index contributed by atoms with van der Waals surface area (Å²) in [6.07, 6.45) is 2.05. The fourth-order valence-electron chi connectivity index (χ4n) is 8.46. The van der Waals surface area contributed by atoms with Crippen molar-refractivity contribution in [2.75, 3.05) is 45.7 Å². The highest BCUT2D eigenvalue weighted by Gasteiger charge is 2.75. The van der Waals surface area contributed by atoms with Crippen molar-refractivity contribution in [2.45, 2.75) is 11.5 Å². The molecule has 1 amide bonds. The molecule has 0 bridgehead atoms. The van der Waals surface area contributed by atoms with E-state index in [1.807, 2.05) is 32.3 Å². The second-order valence-electron chi connectivity index (χ2n) is 12.9. The third kappa shape index (κ3) is 4.12. The highest BCUT2D eigenvalue weighted by molar-refractivity contribution is 7.13.